The Hall–Kier alpha value is -2.93. The maximum Gasteiger partial charge on any atom is 0.269 e. The van der Waals surface area contributed by atoms with E-state index in [1.807, 2.05) is 0 Å². The van der Waals surface area contributed by atoms with Crippen molar-refractivity contribution in [2.24, 2.45) is 0 Å². The van der Waals surface area contributed by atoms with Crippen molar-refractivity contribution >= 4 is 23.3 Å². The molecule has 2 heterocycles. The summed E-state index contributed by atoms with van der Waals surface area (Å²) in [4.78, 5) is 24.7. The largest absolute Gasteiger partial charge is 0.478 e. The zero-order chi connectivity index (χ0) is 17.9. The molecule has 7 nitrogen and oxygen atoms in total. The average Bonchev–Trinajstić information content (AvgIpc) is 3.11. The maximum atomic E-state index is 12.6. The lowest BCUT2D eigenvalue weighted by atomic mass is 10.1. The van der Waals surface area contributed by atoms with Crippen LogP contribution in [0, 0.1) is 0 Å². The molecule has 0 aliphatic heterocycles. The molecule has 3 aromatic rings. The molecule has 1 aromatic carbocycles. The van der Waals surface area contributed by atoms with E-state index in [-0.39, 0.29) is 5.91 Å². The van der Waals surface area contributed by atoms with Gasteiger partial charge in [-0.1, -0.05) is 11.6 Å². The van der Waals surface area contributed by atoms with E-state index in [2.05, 4.69) is 20.3 Å². The molecule has 0 spiro atoms. The smallest absolute Gasteiger partial charge is 0.269 e. The van der Waals surface area contributed by atoms with E-state index in [0.717, 1.165) is 0 Å². The summed E-state index contributed by atoms with van der Waals surface area (Å²) in [6.45, 7) is 3.35. The van der Waals surface area contributed by atoms with Crippen LogP contribution in [0.3, 0.4) is 0 Å². The van der Waals surface area contributed by atoms with Gasteiger partial charge in [-0.05, 0) is 38.1 Å². The van der Waals surface area contributed by atoms with Crippen LogP contribution in [0.2, 0.25) is 5.02 Å². The van der Waals surface area contributed by atoms with Crippen LogP contribution in [-0.2, 0) is 4.79 Å². The van der Waals surface area contributed by atoms with Gasteiger partial charge in [-0.3, -0.25) is 9.36 Å². The number of nitrogens with one attached hydrogen (secondary N) is 1. The highest BCUT2D eigenvalue weighted by Crippen LogP contribution is 2.22. The summed E-state index contributed by atoms with van der Waals surface area (Å²) < 4.78 is 7.48. The Bertz CT molecular complexity index is 863. The average molecular weight is 358 g/mol. The molecular weight excluding hydrogens is 342 g/mol. The number of benzene rings is 1. The summed E-state index contributed by atoms with van der Waals surface area (Å²) in [6, 6.07) is 8.47. The Balaban J connectivity index is 1.72. The lowest BCUT2D eigenvalue weighted by Gasteiger charge is -2.25. The molecule has 0 unspecified atom stereocenters. The number of hydrogen-bond acceptors (Lipinski definition) is 5. The summed E-state index contributed by atoms with van der Waals surface area (Å²) in [5.41, 5.74) is -1.10. The first-order valence-corrected chi connectivity index (χ1v) is 7.88. The van der Waals surface area contributed by atoms with Crippen LogP contribution in [-0.4, -0.2) is 31.0 Å². The first-order valence-electron chi connectivity index (χ1n) is 7.50. The zero-order valence-electron chi connectivity index (χ0n) is 13.7. The minimum atomic E-state index is -1.10. The van der Waals surface area contributed by atoms with Crippen LogP contribution in [0.5, 0.6) is 5.75 Å². The molecule has 0 aliphatic carbocycles. The summed E-state index contributed by atoms with van der Waals surface area (Å²) in [6.07, 6.45) is 6.38. The fourth-order valence-electron chi connectivity index (χ4n) is 2.06. The van der Waals surface area contributed by atoms with Gasteiger partial charge in [0.25, 0.3) is 5.91 Å². The van der Waals surface area contributed by atoms with Crippen LogP contribution >= 0.6 is 11.6 Å². The van der Waals surface area contributed by atoms with E-state index in [9.17, 15) is 4.79 Å². The summed E-state index contributed by atoms with van der Waals surface area (Å²) in [7, 11) is 0. The fourth-order valence-corrected chi connectivity index (χ4v) is 2.19. The number of halogens is 1. The Labute approximate surface area is 149 Å². The molecule has 1 amide bonds. The van der Waals surface area contributed by atoms with E-state index in [4.69, 9.17) is 16.3 Å². The van der Waals surface area contributed by atoms with Gasteiger partial charge in [-0.2, -0.15) is 0 Å². The van der Waals surface area contributed by atoms with Crippen molar-refractivity contribution in [3.63, 3.8) is 0 Å². The van der Waals surface area contributed by atoms with Gasteiger partial charge in [-0.15, -0.1) is 0 Å². The third-order valence-electron chi connectivity index (χ3n) is 3.40. The monoisotopic (exact) mass is 357 g/mol. The number of rotatable bonds is 5. The molecule has 25 heavy (non-hydrogen) atoms. The molecule has 0 aliphatic rings. The molecule has 0 radical (unpaired) electrons. The molecule has 0 saturated carbocycles. The normalized spacial score (nSPS) is 11.2. The molecule has 8 heteroatoms. The molecule has 128 valence electrons. The molecule has 0 fully saturated rings. The number of aromatic nitrogens is 4. The number of nitrogens with zero attached hydrogens (tertiary/aromatic N) is 4. The fraction of sp³-hybridized carbons (Fsp3) is 0.176. The quantitative estimate of drug-likeness (QED) is 0.758. The maximum absolute atomic E-state index is 12.6. The Morgan fingerprint density at radius 3 is 2.68 bits per heavy atom. The number of hydrogen-bond donors (Lipinski definition) is 1. The number of ether oxygens (including phenoxy) is 1. The SMILES string of the molecule is CC(C)(Oc1ccc(Cl)cc1)C(=O)Nc1cc(-n2ccnc2)ncn1. The van der Waals surface area contributed by atoms with Gasteiger partial charge in [0, 0.05) is 23.5 Å². The van der Waals surface area contributed by atoms with Crippen molar-refractivity contribution in [1.29, 1.82) is 0 Å². The molecule has 3 rings (SSSR count). The predicted molar refractivity (Wildman–Crippen MR) is 93.9 cm³/mol. The zero-order valence-corrected chi connectivity index (χ0v) is 14.4. The van der Waals surface area contributed by atoms with Crippen molar-refractivity contribution in [3.05, 3.63) is 60.4 Å². The highest BCUT2D eigenvalue weighted by Gasteiger charge is 2.30. The second-order valence-corrected chi connectivity index (χ2v) is 6.19. The predicted octanol–water partition coefficient (Wildman–Crippen LogP) is 3.11. The molecular formula is C17H16ClN5O2. The number of amides is 1. The molecule has 0 saturated heterocycles. The molecule has 0 atom stereocenters. The van der Waals surface area contributed by atoms with Gasteiger partial charge >= 0.3 is 0 Å². The lowest BCUT2D eigenvalue weighted by molar-refractivity contribution is -0.128. The van der Waals surface area contributed by atoms with Crippen LogP contribution in [0.15, 0.2) is 55.4 Å². The summed E-state index contributed by atoms with van der Waals surface area (Å²) in [5.74, 6) is 1.18. The van der Waals surface area contributed by atoms with Crippen LogP contribution in [0.4, 0.5) is 5.82 Å². The van der Waals surface area contributed by atoms with Gasteiger partial charge < -0.3 is 10.1 Å². The first-order chi connectivity index (χ1) is 11.9. The van der Waals surface area contributed by atoms with E-state index in [1.54, 1.807) is 67.5 Å². The number of imidazole rings is 1. The van der Waals surface area contributed by atoms with Gasteiger partial charge in [0.15, 0.2) is 5.60 Å². The van der Waals surface area contributed by atoms with E-state index >= 15 is 0 Å². The van der Waals surface area contributed by atoms with Crippen LogP contribution < -0.4 is 10.1 Å². The number of anilines is 1. The van der Waals surface area contributed by atoms with Crippen molar-refractivity contribution in [2.45, 2.75) is 19.4 Å². The van der Waals surface area contributed by atoms with Gasteiger partial charge in [0.1, 0.15) is 30.0 Å². The standard InChI is InChI=1S/C17H16ClN5O2/c1-17(2,25-13-5-3-12(18)4-6-13)16(24)22-14-9-15(21-10-20-14)23-8-7-19-11-23/h3-11H,1-2H3,(H,20,21,22,24). The van der Waals surface area contributed by atoms with Crippen LogP contribution in [0.25, 0.3) is 5.82 Å². The Morgan fingerprint density at radius 2 is 2.00 bits per heavy atom. The highest BCUT2D eigenvalue weighted by atomic mass is 35.5. The number of carbonyl (C=O) groups excluding carboxylic acids is 1. The van der Waals surface area contributed by atoms with Gasteiger partial charge in [0.05, 0.1) is 0 Å². The lowest BCUT2D eigenvalue weighted by Crippen LogP contribution is -2.42. The molecule has 2 aromatic heterocycles. The van der Waals surface area contributed by atoms with E-state index < -0.39 is 5.60 Å². The molecule has 0 bridgehead atoms. The Kier molecular flexibility index (Phi) is 4.67. The van der Waals surface area contributed by atoms with Gasteiger partial charge in [-0.25, -0.2) is 15.0 Å². The van der Waals surface area contributed by atoms with E-state index in [1.165, 1.54) is 6.33 Å². The summed E-state index contributed by atoms with van der Waals surface area (Å²) >= 11 is 5.85. The minimum Gasteiger partial charge on any atom is -0.478 e. The Morgan fingerprint density at radius 1 is 1.24 bits per heavy atom. The molecule has 1 N–H and O–H groups in total. The second-order valence-electron chi connectivity index (χ2n) is 5.75. The van der Waals surface area contributed by atoms with Crippen molar-refractivity contribution in [2.75, 3.05) is 5.32 Å². The van der Waals surface area contributed by atoms with Crippen molar-refractivity contribution in [3.8, 4) is 11.6 Å². The third kappa shape index (κ3) is 4.13. The van der Waals surface area contributed by atoms with Gasteiger partial charge in [0.2, 0.25) is 0 Å². The van der Waals surface area contributed by atoms with Crippen LogP contribution in [0.1, 0.15) is 13.8 Å². The number of carbonyl (C=O) groups is 1. The van der Waals surface area contributed by atoms with Crippen molar-refractivity contribution < 1.29 is 9.53 Å². The third-order valence-corrected chi connectivity index (χ3v) is 3.65. The van der Waals surface area contributed by atoms with Crippen molar-refractivity contribution in [1.82, 2.24) is 19.5 Å². The summed E-state index contributed by atoms with van der Waals surface area (Å²) in [5, 5.41) is 3.34. The minimum absolute atomic E-state index is 0.335. The topological polar surface area (TPSA) is 81.9 Å². The highest BCUT2D eigenvalue weighted by molar-refractivity contribution is 6.30. The van der Waals surface area contributed by atoms with E-state index in [0.29, 0.717) is 22.4 Å². The first kappa shape index (κ1) is 16.9. The second kappa shape index (κ2) is 6.90.